The van der Waals surface area contributed by atoms with E-state index in [1.54, 1.807) is 6.21 Å². The first-order chi connectivity index (χ1) is 8.52. The van der Waals surface area contributed by atoms with Crippen LogP contribution in [-0.4, -0.2) is 17.5 Å². The Bertz CT molecular complexity index is 280. The van der Waals surface area contributed by atoms with Crippen LogP contribution >= 0.6 is 0 Å². The predicted octanol–water partition coefficient (Wildman–Crippen LogP) is 3.88. The van der Waals surface area contributed by atoms with Gasteiger partial charge in [-0.2, -0.15) is 0 Å². The molecule has 1 atom stereocenters. The van der Waals surface area contributed by atoms with E-state index in [0.717, 1.165) is 32.1 Å². The molecule has 1 unspecified atom stereocenters. The lowest BCUT2D eigenvalue weighted by atomic mass is 9.91. The summed E-state index contributed by atoms with van der Waals surface area (Å²) in [6.45, 7) is 6.20. The smallest absolute Gasteiger partial charge is 0.0495 e. The van der Waals surface area contributed by atoms with E-state index >= 15 is 0 Å². The lowest BCUT2D eigenvalue weighted by Crippen LogP contribution is -2.16. The summed E-state index contributed by atoms with van der Waals surface area (Å²) in [5.41, 5.74) is 5.74. The quantitative estimate of drug-likeness (QED) is 0.215. The van der Waals surface area contributed by atoms with Gasteiger partial charge in [-0.1, -0.05) is 45.1 Å². The fraction of sp³-hybridized carbons (Fsp3) is 0.667. The van der Waals surface area contributed by atoms with Gasteiger partial charge in [0.15, 0.2) is 0 Å². The molecule has 0 aliphatic heterocycles. The van der Waals surface area contributed by atoms with Crippen molar-refractivity contribution < 1.29 is 5.21 Å². The number of rotatable bonds is 9. The highest BCUT2D eigenvalue weighted by Gasteiger charge is 2.12. The van der Waals surface area contributed by atoms with Crippen molar-refractivity contribution in [3.05, 3.63) is 24.3 Å². The number of oxime groups is 1. The molecule has 0 aliphatic rings. The highest BCUT2D eigenvalue weighted by atomic mass is 16.4. The molecule has 3 nitrogen and oxygen atoms in total. The maximum absolute atomic E-state index is 8.49. The van der Waals surface area contributed by atoms with Gasteiger partial charge >= 0.3 is 0 Å². The van der Waals surface area contributed by atoms with Crippen LogP contribution in [0.15, 0.2) is 29.5 Å². The Morgan fingerprint density at radius 2 is 1.78 bits per heavy atom. The van der Waals surface area contributed by atoms with Crippen LogP contribution in [0.3, 0.4) is 0 Å². The first-order valence-corrected chi connectivity index (χ1v) is 6.76. The first kappa shape index (κ1) is 16.9. The van der Waals surface area contributed by atoms with Gasteiger partial charge in [-0.05, 0) is 32.1 Å². The molecule has 0 saturated carbocycles. The van der Waals surface area contributed by atoms with Gasteiger partial charge in [0, 0.05) is 17.7 Å². The van der Waals surface area contributed by atoms with Gasteiger partial charge in [-0.15, -0.1) is 5.16 Å². The summed E-state index contributed by atoms with van der Waals surface area (Å²) >= 11 is 0. The Morgan fingerprint density at radius 3 is 2.33 bits per heavy atom. The number of nitrogens with zero attached hydrogens (tertiary/aromatic N) is 1. The van der Waals surface area contributed by atoms with Crippen LogP contribution in [0.25, 0.3) is 0 Å². The fourth-order valence-electron chi connectivity index (χ4n) is 1.46. The van der Waals surface area contributed by atoms with Crippen molar-refractivity contribution in [2.75, 3.05) is 0 Å². The lowest BCUT2D eigenvalue weighted by molar-refractivity contribution is 0.313. The number of nitrogens with two attached hydrogens (primary N) is 1. The third kappa shape index (κ3) is 10.1. The van der Waals surface area contributed by atoms with E-state index in [-0.39, 0.29) is 5.41 Å². The molecule has 0 aromatic carbocycles. The van der Waals surface area contributed by atoms with E-state index in [0.29, 0.717) is 6.04 Å². The maximum atomic E-state index is 8.49. The maximum Gasteiger partial charge on any atom is 0.0495 e. The Morgan fingerprint density at radius 1 is 1.17 bits per heavy atom. The standard InChI is InChI=1S/C15H28N2O/c1-4-14(16)11-9-7-5-6-8-10-12-15(2,3)13-17-18/h7-10,13-14,18H,4-6,11-12,16H2,1-3H3. The molecule has 0 radical (unpaired) electrons. The average Bonchev–Trinajstić information content (AvgIpc) is 2.32. The molecule has 104 valence electrons. The summed E-state index contributed by atoms with van der Waals surface area (Å²) in [5, 5.41) is 11.6. The van der Waals surface area contributed by atoms with Crippen molar-refractivity contribution in [3.8, 4) is 0 Å². The highest BCUT2D eigenvalue weighted by molar-refractivity contribution is 5.64. The predicted molar refractivity (Wildman–Crippen MR) is 79.1 cm³/mol. The molecule has 0 heterocycles. The van der Waals surface area contributed by atoms with Gasteiger partial charge in [0.2, 0.25) is 0 Å². The number of hydrogen-bond donors (Lipinski definition) is 2. The van der Waals surface area contributed by atoms with Crippen molar-refractivity contribution in [1.29, 1.82) is 0 Å². The zero-order chi connectivity index (χ0) is 13.9. The van der Waals surface area contributed by atoms with Gasteiger partial charge in [0.05, 0.1) is 0 Å². The lowest BCUT2D eigenvalue weighted by Gasteiger charge is -2.14. The van der Waals surface area contributed by atoms with Gasteiger partial charge in [0.1, 0.15) is 0 Å². The molecular weight excluding hydrogens is 224 g/mol. The minimum Gasteiger partial charge on any atom is -0.411 e. The van der Waals surface area contributed by atoms with Crippen molar-refractivity contribution in [2.24, 2.45) is 16.3 Å². The normalized spacial score (nSPS) is 15.1. The van der Waals surface area contributed by atoms with Crippen LogP contribution in [0, 0.1) is 5.41 Å². The van der Waals surface area contributed by atoms with Crippen LogP contribution in [0.4, 0.5) is 0 Å². The largest absolute Gasteiger partial charge is 0.411 e. The van der Waals surface area contributed by atoms with Gasteiger partial charge < -0.3 is 10.9 Å². The fourth-order valence-corrected chi connectivity index (χ4v) is 1.46. The van der Waals surface area contributed by atoms with Crippen LogP contribution in [0.1, 0.15) is 52.9 Å². The van der Waals surface area contributed by atoms with Crippen LogP contribution < -0.4 is 5.73 Å². The molecule has 0 aromatic rings. The number of hydrogen-bond acceptors (Lipinski definition) is 3. The molecule has 0 fully saturated rings. The number of unbranched alkanes of at least 4 members (excludes halogenated alkanes) is 1. The Hall–Kier alpha value is -1.09. The summed E-state index contributed by atoms with van der Waals surface area (Å²) in [6, 6.07) is 0.301. The Kier molecular flexibility index (Phi) is 9.29. The van der Waals surface area contributed by atoms with E-state index in [1.807, 2.05) is 13.8 Å². The van der Waals surface area contributed by atoms with Gasteiger partial charge in [-0.25, -0.2) is 0 Å². The average molecular weight is 252 g/mol. The molecule has 0 bridgehead atoms. The van der Waals surface area contributed by atoms with E-state index in [1.165, 1.54) is 0 Å². The Labute approximate surface area is 111 Å². The van der Waals surface area contributed by atoms with Gasteiger partial charge in [-0.3, -0.25) is 0 Å². The highest BCUT2D eigenvalue weighted by Crippen LogP contribution is 2.17. The van der Waals surface area contributed by atoms with Crippen LogP contribution in [0.5, 0.6) is 0 Å². The Balaban J connectivity index is 3.66. The second-order valence-corrected chi connectivity index (χ2v) is 5.36. The van der Waals surface area contributed by atoms with E-state index in [2.05, 4.69) is 36.4 Å². The zero-order valence-electron chi connectivity index (χ0n) is 12.0. The molecule has 0 saturated heterocycles. The third-order valence-corrected chi connectivity index (χ3v) is 2.85. The topological polar surface area (TPSA) is 58.6 Å². The monoisotopic (exact) mass is 252 g/mol. The second kappa shape index (κ2) is 9.89. The molecule has 18 heavy (non-hydrogen) atoms. The van der Waals surface area contributed by atoms with E-state index < -0.39 is 0 Å². The molecule has 0 spiro atoms. The van der Waals surface area contributed by atoms with Crippen LogP contribution in [0.2, 0.25) is 0 Å². The zero-order valence-corrected chi connectivity index (χ0v) is 12.0. The second-order valence-electron chi connectivity index (χ2n) is 5.36. The van der Waals surface area contributed by atoms with Crippen molar-refractivity contribution >= 4 is 6.21 Å². The summed E-state index contributed by atoms with van der Waals surface area (Å²) in [4.78, 5) is 0. The minimum absolute atomic E-state index is 0.0744. The van der Waals surface area contributed by atoms with Crippen molar-refractivity contribution in [3.63, 3.8) is 0 Å². The van der Waals surface area contributed by atoms with Crippen LogP contribution in [-0.2, 0) is 0 Å². The van der Waals surface area contributed by atoms with Crippen molar-refractivity contribution in [1.82, 2.24) is 0 Å². The molecule has 3 N–H and O–H groups in total. The number of allylic oxidation sites excluding steroid dienone is 3. The molecular formula is C15H28N2O. The summed E-state index contributed by atoms with van der Waals surface area (Å²) < 4.78 is 0. The third-order valence-electron chi connectivity index (χ3n) is 2.85. The summed E-state index contributed by atoms with van der Waals surface area (Å²) in [6.07, 6.45) is 15.3. The molecule has 0 aliphatic carbocycles. The minimum atomic E-state index is -0.0744. The van der Waals surface area contributed by atoms with E-state index in [4.69, 9.17) is 10.9 Å². The van der Waals surface area contributed by atoms with Gasteiger partial charge in [0.25, 0.3) is 0 Å². The molecule has 0 aromatic heterocycles. The SMILES string of the molecule is CCC(N)CC=CCCC=CCC(C)(C)C=NO. The molecule has 0 rings (SSSR count). The van der Waals surface area contributed by atoms with Crippen molar-refractivity contribution in [2.45, 2.75) is 58.9 Å². The molecule has 0 amide bonds. The summed E-state index contributed by atoms with van der Waals surface area (Å²) in [7, 11) is 0. The molecule has 3 heteroatoms. The summed E-state index contributed by atoms with van der Waals surface area (Å²) in [5.74, 6) is 0. The first-order valence-electron chi connectivity index (χ1n) is 6.76. The van der Waals surface area contributed by atoms with E-state index in [9.17, 15) is 0 Å².